The second-order valence-electron chi connectivity index (χ2n) is 4.21. The second kappa shape index (κ2) is 7.48. The van der Waals surface area contributed by atoms with Crippen LogP contribution in [0, 0.1) is 12.3 Å². The van der Waals surface area contributed by atoms with E-state index < -0.39 is 5.41 Å². The Morgan fingerprint density at radius 2 is 2.00 bits per heavy atom. The molecule has 1 amide bonds. The molecule has 0 radical (unpaired) electrons. The standard InChI is InChI=1S/C11H17N3O.2ClH/c1-8-5-4-6-9(13-8)14-10(15)11(2,3)7-12;;/h4-6H,7,12H2,1-3H3,(H,13,14,15);2*1H. The molecule has 4 nitrogen and oxygen atoms in total. The summed E-state index contributed by atoms with van der Waals surface area (Å²) in [5, 5.41) is 2.74. The lowest BCUT2D eigenvalue weighted by Gasteiger charge is -2.20. The minimum atomic E-state index is -0.564. The molecule has 0 aliphatic heterocycles. The van der Waals surface area contributed by atoms with Gasteiger partial charge in [0.15, 0.2) is 0 Å². The number of rotatable bonds is 3. The van der Waals surface area contributed by atoms with E-state index in [2.05, 4.69) is 10.3 Å². The first-order valence-corrected chi connectivity index (χ1v) is 4.91. The average Bonchev–Trinajstić information content (AvgIpc) is 2.17. The Kier molecular flexibility index (Phi) is 8.15. The number of halogens is 2. The monoisotopic (exact) mass is 279 g/mol. The molecular weight excluding hydrogens is 261 g/mol. The Labute approximate surface area is 114 Å². The Morgan fingerprint density at radius 3 is 2.47 bits per heavy atom. The van der Waals surface area contributed by atoms with Crippen molar-refractivity contribution in [3.8, 4) is 0 Å². The van der Waals surface area contributed by atoms with Gasteiger partial charge in [-0.05, 0) is 32.9 Å². The van der Waals surface area contributed by atoms with Crippen molar-refractivity contribution in [2.24, 2.45) is 11.1 Å². The van der Waals surface area contributed by atoms with Crippen LogP contribution in [0.25, 0.3) is 0 Å². The molecule has 0 aliphatic carbocycles. The van der Waals surface area contributed by atoms with Crippen LogP contribution in [0.2, 0.25) is 0 Å². The van der Waals surface area contributed by atoms with Gasteiger partial charge < -0.3 is 11.1 Å². The number of nitrogens with zero attached hydrogens (tertiary/aromatic N) is 1. The van der Waals surface area contributed by atoms with Crippen LogP contribution in [0.1, 0.15) is 19.5 Å². The number of carbonyl (C=O) groups is 1. The molecule has 1 aromatic rings. The Morgan fingerprint density at radius 1 is 1.41 bits per heavy atom. The topological polar surface area (TPSA) is 68.0 Å². The van der Waals surface area contributed by atoms with Crippen LogP contribution in [0.4, 0.5) is 5.82 Å². The summed E-state index contributed by atoms with van der Waals surface area (Å²) in [5.41, 5.74) is 5.82. The highest BCUT2D eigenvalue weighted by molar-refractivity contribution is 5.94. The fraction of sp³-hybridized carbons (Fsp3) is 0.455. The third kappa shape index (κ3) is 5.35. The van der Waals surface area contributed by atoms with Gasteiger partial charge in [0, 0.05) is 12.2 Å². The van der Waals surface area contributed by atoms with Crippen LogP contribution in [-0.4, -0.2) is 17.4 Å². The van der Waals surface area contributed by atoms with Gasteiger partial charge in [-0.1, -0.05) is 6.07 Å². The smallest absolute Gasteiger partial charge is 0.232 e. The van der Waals surface area contributed by atoms with Crippen molar-refractivity contribution in [3.63, 3.8) is 0 Å². The molecular formula is C11H19Cl2N3O. The maximum atomic E-state index is 11.7. The number of hydrogen-bond donors (Lipinski definition) is 2. The molecule has 1 aromatic heterocycles. The van der Waals surface area contributed by atoms with Crippen molar-refractivity contribution in [1.82, 2.24) is 4.98 Å². The van der Waals surface area contributed by atoms with E-state index in [0.717, 1.165) is 5.69 Å². The number of anilines is 1. The minimum absolute atomic E-state index is 0. The Hall–Kier alpha value is -0.840. The maximum Gasteiger partial charge on any atom is 0.232 e. The number of aromatic nitrogens is 1. The third-order valence-corrected chi connectivity index (χ3v) is 2.25. The highest BCUT2D eigenvalue weighted by atomic mass is 35.5. The van der Waals surface area contributed by atoms with Crippen LogP contribution >= 0.6 is 24.8 Å². The van der Waals surface area contributed by atoms with Crippen LogP contribution < -0.4 is 11.1 Å². The van der Waals surface area contributed by atoms with Crippen LogP contribution in [-0.2, 0) is 4.79 Å². The summed E-state index contributed by atoms with van der Waals surface area (Å²) in [7, 11) is 0. The van der Waals surface area contributed by atoms with Gasteiger partial charge >= 0.3 is 0 Å². The molecule has 1 heterocycles. The molecule has 3 N–H and O–H groups in total. The number of hydrogen-bond acceptors (Lipinski definition) is 3. The summed E-state index contributed by atoms with van der Waals surface area (Å²) in [5.74, 6) is 0.463. The quantitative estimate of drug-likeness (QED) is 0.891. The van der Waals surface area contributed by atoms with Gasteiger partial charge in [0.05, 0.1) is 5.41 Å². The second-order valence-corrected chi connectivity index (χ2v) is 4.21. The third-order valence-electron chi connectivity index (χ3n) is 2.25. The summed E-state index contributed by atoms with van der Waals surface area (Å²) >= 11 is 0. The number of pyridine rings is 1. The minimum Gasteiger partial charge on any atom is -0.329 e. The number of nitrogens with two attached hydrogens (primary N) is 1. The number of amides is 1. The van der Waals surface area contributed by atoms with Gasteiger partial charge in [-0.2, -0.15) is 0 Å². The van der Waals surface area contributed by atoms with E-state index in [0.29, 0.717) is 12.4 Å². The summed E-state index contributed by atoms with van der Waals surface area (Å²) in [6.45, 7) is 5.80. The first kappa shape index (κ1) is 18.5. The molecule has 0 fully saturated rings. The zero-order valence-electron chi connectivity index (χ0n) is 10.2. The fourth-order valence-corrected chi connectivity index (χ4v) is 0.991. The average molecular weight is 280 g/mol. The van der Waals surface area contributed by atoms with Crippen LogP contribution in [0.15, 0.2) is 18.2 Å². The molecule has 17 heavy (non-hydrogen) atoms. The van der Waals surface area contributed by atoms with Gasteiger partial charge in [0.25, 0.3) is 0 Å². The largest absolute Gasteiger partial charge is 0.329 e. The maximum absolute atomic E-state index is 11.7. The van der Waals surface area contributed by atoms with E-state index in [9.17, 15) is 4.79 Å². The lowest BCUT2D eigenvalue weighted by Crippen LogP contribution is -2.37. The Bertz CT molecular complexity index is 369. The summed E-state index contributed by atoms with van der Waals surface area (Å²) in [6, 6.07) is 5.49. The lowest BCUT2D eigenvalue weighted by molar-refractivity contribution is -0.123. The van der Waals surface area contributed by atoms with E-state index in [1.807, 2.05) is 19.1 Å². The zero-order valence-corrected chi connectivity index (χ0v) is 11.8. The van der Waals surface area contributed by atoms with Crippen molar-refractivity contribution in [3.05, 3.63) is 23.9 Å². The van der Waals surface area contributed by atoms with Gasteiger partial charge in [0.1, 0.15) is 5.82 Å². The molecule has 0 bridgehead atoms. The molecule has 0 saturated heterocycles. The molecule has 0 spiro atoms. The van der Waals surface area contributed by atoms with Crippen molar-refractivity contribution < 1.29 is 4.79 Å². The van der Waals surface area contributed by atoms with Gasteiger partial charge in [0.2, 0.25) is 5.91 Å². The SMILES string of the molecule is Cc1cccc(NC(=O)C(C)(C)CN)n1.Cl.Cl. The van der Waals surface area contributed by atoms with E-state index in [1.165, 1.54) is 0 Å². The summed E-state index contributed by atoms with van der Waals surface area (Å²) in [6.07, 6.45) is 0. The normalized spacial score (nSPS) is 9.88. The summed E-state index contributed by atoms with van der Waals surface area (Å²) in [4.78, 5) is 15.9. The van der Waals surface area contributed by atoms with Crippen molar-refractivity contribution >= 4 is 36.5 Å². The molecule has 98 valence electrons. The lowest BCUT2D eigenvalue weighted by atomic mass is 9.93. The molecule has 6 heteroatoms. The first-order chi connectivity index (χ1) is 6.95. The molecule has 0 aliphatic rings. The summed E-state index contributed by atoms with van der Waals surface area (Å²) < 4.78 is 0. The molecule has 0 atom stereocenters. The van der Waals surface area contributed by atoms with Gasteiger partial charge in [-0.15, -0.1) is 24.8 Å². The number of aryl methyl sites for hydroxylation is 1. The number of carbonyl (C=O) groups excluding carboxylic acids is 1. The highest BCUT2D eigenvalue weighted by Gasteiger charge is 2.25. The molecule has 0 unspecified atom stereocenters. The molecule has 0 aromatic carbocycles. The van der Waals surface area contributed by atoms with Crippen LogP contribution in [0.5, 0.6) is 0 Å². The predicted molar refractivity (Wildman–Crippen MR) is 74.9 cm³/mol. The Balaban J connectivity index is 0. The van der Waals surface area contributed by atoms with E-state index in [1.54, 1.807) is 19.9 Å². The predicted octanol–water partition coefficient (Wildman–Crippen LogP) is 2.16. The van der Waals surface area contributed by atoms with Crippen LogP contribution in [0.3, 0.4) is 0 Å². The molecule has 0 saturated carbocycles. The highest BCUT2D eigenvalue weighted by Crippen LogP contribution is 2.15. The van der Waals surface area contributed by atoms with Gasteiger partial charge in [-0.3, -0.25) is 4.79 Å². The van der Waals surface area contributed by atoms with Crippen molar-refractivity contribution in [1.29, 1.82) is 0 Å². The van der Waals surface area contributed by atoms with Crippen molar-refractivity contribution in [2.45, 2.75) is 20.8 Å². The number of nitrogens with one attached hydrogen (secondary N) is 1. The van der Waals surface area contributed by atoms with Gasteiger partial charge in [-0.25, -0.2) is 4.98 Å². The van der Waals surface area contributed by atoms with E-state index >= 15 is 0 Å². The zero-order chi connectivity index (χ0) is 11.5. The molecule has 1 rings (SSSR count). The fourth-order valence-electron chi connectivity index (χ4n) is 0.991. The van der Waals surface area contributed by atoms with E-state index in [-0.39, 0.29) is 30.7 Å². The first-order valence-electron chi connectivity index (χ1n) is 4.91. The van der Waals surface area contributed by atoms with E-state index in [4.69, 9.17) is 5.73 Å². The van der Waals surface area contributed by atoms with Crippen molar-refractivity contribution in [2.75, 3.05) is 11.9 Å².